The maximum Gasteiger partial charge on any atom is 0.237 e. The number of ether oxygens (including phenoxy) is 1. The normalized spacial score (nSPS) is 10.1. The van der Waals surface area contributed by atoms with Crippen LogP contribution in [0.25, 0.3) is 0 Å². The molecule has 0 aliphatic heterocycles. The highest BCUT2D eigenvalue weighted by atomic mass is 35.5. The Labute approximate surface area is 109 Å². The minimum absolute atomic E-state index is 0.136. The van der Waals surface area contributed by atoms with Crippen LogP contribution in [0.3, 0.4) is 0 Å². The van der Waals surface area contributed by atoms with E-state index in [1.165, 1.54) is 12.4 Å². The van der Waals surface area contributed by atoms with Gasteiger partial charge < -0.3 is 10.5 Å². The Hall–Kier alpha value is -2.14. The maximum atomic E-state index is 7.20. The second kappa shape index (κ2) is 5.01. The number of halogens is 1. The molecule has 0 atom stereocenters. The molecule has 0 radical (unpaired) electrons. The van der Waals surface area contributed by atoms with Gasteiger partial charge in [0.05, 0.1) is 17.4 Å². The highest BCUT2D eigenvalue weighted by molar-refractivity contribution is 6.32. The van der Waals surface area contributed by atoms with Crippen molar-refractivity contribution in [2.24, 2.45) is 5.73 Å². The van der Waals surface area contributed by atoms with E-state index in [9.17, 15) is 0 Å². The molecule has 0 aliphatic rings. The van der Waals surface area contributed by atoms with Crippen LogP contribution in [0.15, 0.2) is 30.6 Å². The summed E-state index contributed by atoms with van der Waals surface area (Å²) in [6, 6.07) is 5.45. The third-order valence-electron chi connectivity index (χ3n) is 2.21. The third-order valence-corrected chi connectivity index (χ3v) is 2.52. The summed E-state index contributed by atoms with van der Waals surface area (Å²) in [6.45, 7) is 1.94. The monoisotopic (exact) mass is 262 g/mol. The fourth-order valence-electron chi connectivity index (χ4n) is 1.31. The van der Waals surface area contributed by atoms with E-state index in [0.717, 1.165) is 5.56 Å². The Morgan fingerprint density at radius 2 is 2.11 bits per heavy atom. The Bertz CT molecular complexity index is 583. The highest BCUT2D eigenvalue weighted by Crippen LogP contribution is 2.28. The van der Waals surface area contributed by atoms with E-state index in [0.29, 0.717) is 22.3 Å². The zero-order chi connectivity index (χ0) is 13.1. The lowest BCUT2D eigenvalue weighted by Crippen LogP contribution is -2.13. The van der Waals surface area contributed by atoms with Crippen molar-refractivity contribution in [3.8, 4) is 11.6 Å². The highest BCUT2D eigenvalue weighted by Gasteiger charge is 2.06. The molecule has 1 heterocycles. The average molecular weight is 263 g/mol. The molecular weight excluding hydrogens is 252 g/mol. The van der Waals surface area contributed by atoms with E-state index >= 15 is 0 Å². The minimum atomic E-state index is -0.136. The first-order valence-corrected chi connectivity index (χ1v) is 5.54. The number of rotatable bonds is 3. The Morgan fingerprint density at radius 3 is 2.72 bits per heavy atom. The van der Waals surface area contributed by atoms with Gasteiger partial charge in [0.1, 0.15) is 17.3 Å². The molecule has 0 bridgehead atoms. The first-order chi connectivity index (χ1) is 8.56. The van der Waals surface area contributed by atoms with Crippen LogP contribution in [0, 0.1) is 12.3 Å². The molecule has 5 nitrogen and oxygen atoms in total. The van der Waals surface area contributed by atoms with Crippen molar-refractivity contribution < 1.29 is 4.74 Å². The summed E-state index contributed by atoms with van der Waals surface area (Å²) in [4.78, 5) is 7.95. The van der Waals surface area contributed by atoms with Gasteiger partial charge in [-0.1, -0.05) is 17.7 Å². The van der Waals surface area contributed by atoms with Gasteiger partial charge in [-0.05, 0) is 24.6 Å². The fraction of sp³-hybridized carbons (Fsp3) is 0.0833. The molecule has 18 heavy (non-hydrogen) atoms. The Balaban J connectivity index is 2.23. The number of aryl methyl sites for hydroxylation is 1. The zero-order valence-electron chi connectivity index (χ0n) is 9.64. The summed E-state index contributed by atoms with van der Waals surface area (Å²) in [5.74, 6) is 0.677. The van der Waals surface area contributed by atoms with Crippen LogP contribution in [0.1, 0.15) is 11.3 Å². The molecule has 2 rings (SSSR count). The van der Waals surface area contributed by atoms with Gasteiger partial charge >= 0.3 is 0 Å². The summed E-state index contributed by atoms with van der Waals surface area (Å²) in [7, 11) is 0. The Morgan fingerprint density at radius 1 is 1.33 bits per heavy atom. The number of benzene rings is 1. The number of nitrogens with two attached hydrogens (primary N) is 1. The molecule has 0 saturated heterocycles. The quantitative estimate of drug-likeness (QED) is 0.657. The van der Waals surface area contributed by atoms with Gasteiger partial charge in [0.25, 0.3) is 0 Å². The van der Waals surface area contributed by atoms with Crippen LogP contribution in [0.4, 0.5) is 0 Å². The molecule has 1 aromatic carbocycles. The van der Waals surface area contributed by atoms with Crippen LogP contribution >= 0.6 is 11.6 Å². The van der Waals surface area contributed by atoms with Crippen LogP contribution in [0.2, 0.25) is 5.02 Å². The molecule has 0 fully saturated rings. The van der Waals surface area contributed by atoms with E-state index in [2.05, 4.69) is 9.97 Å². The summed E-state index contributed by atoms with van der Waals surface area (Å²) in [5, 5.41) is 7.70. The topological polar surface area (TPSA) is 84.9 Å². The van der Waals surface area contributed by atoms with Gasteiger partial charge in [0, 0.05) is 0 Å². The van der Waals surface area contributed by atoms with E-state index in [-0.39, 0.29) is 5.84 Å². The predicted octanol–water partition coefficient (Wildman–Crippen LogP) is 2.51. The van der Waals surface area contributed by atoms with Gasteiger partial charge in [-0.2, -0.15) is 0 Å². The van der Waals surface area contributed by atoms with Gasteiger partial charge in [0.2, 0.25) is 5.88 Å². The van der Waals surface area contributed by atoms with Crippen molar-refractivity contribution in [1.82, 2.24) is 9.97 Å². The van der Waals surface area contributed by atoms with Crippen LogP contribution < -0.4 is 10.5 Å². The largest absolute Gasteiger partial charge is 0.436 e. The number of aromatic nitrogens is 2. The molecule has 1 aromatic heterocycles. The second-order valence-electron chi connectivity index (χ2n) is 3.69. The number of nitrogen functional groups attached to an aromatic ring is 1. The lowest BCUT2D eigenvalue weighted by atomic mass is 10.2. The molecule has 0 aliphatic carbocycles. The molecular formula is C12H11ClN4O. The van der Waals surface area contributed by atoms with Gasteiger partial charge in [-0.3, -0.25) is 5.41 Å². The number of nitrogens with zero attached hydrogens (tertiary/aromatic N) is 2. The number of nitrogens with one attached hydrogen (secondary N) is 1. The second-order valence-corrected chi connectivity index (χ2v) is 4.10. The predicted molar refractivity (Wildman–Crippen MR) is 69.3 cm³/mol. The van der Waals surface area contributed by atoms with Gasteiger partial charge in [-0.15, -0.1) is 0 Å². The van der Waals surface area contributed by atoms with Crippen molar-refractivity contribution in [3.63, 3.8) is 0 Å². The minimum Gasteiger partial charge on any atom is -0.436 e. The van der Waals surface area contributed by atoms with Crippen molar-refractivity contribution >= 4 is 17.4 Å². The van der Waals surface area contributed by atoms with E-state index in [1.54, 1.807) is 6.07 Å². The third kappa shape index (κ3) is 2.75. The van der Waals surface area contributed by atoms with Crippen molar-refractivity contribution in [2.45, 2.75) is 6.92 Å². The average Bonchev–Trinajstić information content (AvgIpc) is 2.34. The van der Waals surface area contributed by atoms with Crippen LogP contribution in [-0.4, -0.2) is 15.8 Å². The number of hydrogen-bond acceptors (Lipinski definition) is 4. The van der Waals surface area contributed by atoms with Crippen LogP contribution in [0.5, 0.6) is 11.6 Å². The molecule has 0 spiro atoms. The van der Waals surface area contributed by atoms with Gasteiger partial charge in [-0.25, -0.2) is 9.97 Å². The molecule has 2 aromatic rings. The van der Waals surface area contributed by atoms with Crippen molar-refractivity contribution in [3.05, 3.63) is 46.9 Å². The molecule has 6 heteroatoms. The lowest BCUT2D eigenvalue weighted by Gasteiger charge is -2.07. The summed E-state index contributed by atoms with van der Waals surface area (Å²) < 4.78 is 5.51. The van der Waals surface area contributed by atoms with Crippen molar-refractivity contribution in [1.29, 1.82) is 5.41 Å². The summed E-state index contributed by atoms with van der Waals surface area (Å²) in [6.07, 6.45) is 2.77. The molecule has 3 N–H and O–H groups in total. The molecule has 0 unspecified atom stereocenters. The molecule has 92 valence electrons. The summed E-state index contributed by atoms with van der Waals surface area (Å²) >= 11 is 6.00. The lowest BCUT2D eigenvalue weighted by molar-refractivity contribution is 0.460. The SMILES string of the molecule is Cc1ccc(Cl)c(Oc2cnc(C(=N)N)cn2)c1. The standard InChI is InChI=1S/C12H11ClN4O/c1-7-2-3-8(13)10(4-7)18-11-6-16-9(5-17-11)12(14)15/h2-6H,1H3,(H3,14,15). The first kappa shape index (κ1) is 12.3. The maximum absolute atomic E-state index is 7.20. The summed E-state index contributed by atoms with van der Waals surface area (Å²) in [5.41, 5.74) is 6.61. The van der Waals surface area contributed by atoms with E-state index < -0.39 is 0 Å². The van der Waals surface area contributed by atoms with E-state index in [4.69, 9.17) is 27.5 Å². The van der Waals surface area contributed by atoms with E-state index in [1.807, 2.05) is 19.1 Å². The smallest absolute Gasteiger partial charge is 0.237 e. The van der Waals surface area contributed by atoms with Crippen molar-refractivity contribution in [2.75, 3.05) is 0 Å². The first-order valence-electron chi connectivity index (χ1n) is 5.16. The number of hydrogen-bond donors (Lipinski definition) is 2. The number of amidine groups is 1. The molecule has 0 amide bonds. The fourth-order valence-corrected chi connectivity index (χ4v) is 1.47. The van der Waals surface area contributed by atoms with Crippen LogP contribution in [-0.2, 0) is 0 Å². The zero-order valence-corrected chi connectivity index (χ0v) is 10.4. The molecule has 0 saturated carbocycles. The Kier molecular flexibility index (Phi) is 3.43. The van der Waals surface area contributed by atoms with Gasteiger partial charge in [0.15, 0.2) is 0 Å².